The van der Waals surface area contributed by atoms with Gasteiger partial charge in [-0.1, -0.05) is 0 Å². The van der Waals surface area contributed by atoms with Crippen molar-refractivity contribution in [1.29, 1.82) is 0 Å². The van der Waals surface area contributed by atoms with Crippen molar-refractivity contribution in [1.82, 2.24) is 10.2 Å². The molecule has 1 fully saturated rings. The quantitative estimate of drug-likeness (QED) is 0.729. The molecule has 1 saturated heterocycles. The molecule has 0 spiro atoms. The monoisotopic (exact) mass is 214 g/mol. The second-order valence-electron chi connectivity index (χ2n) is 4.18. The molecule has 4 heteroatoms. The Labute approximate surface area is 92.0 Å². The number of nitrogens with one attached hydrogen (secondary N) is 1. The highest BCUT2D eigenvalue weighted by molar-refractivity contribution is 5.78. The summed E-state index contributed by atoms with van der Waals surface area (Å²) in [5.41, 5.74) is 0. The molecular weight excluding hydrogens is 192 g/mol. The van der Waals surface area contributed by atoms with E-state index in [1.54, 1.807) is 7.11 Å². The lowest BCUT2D eigenvalue weighted by Gasteiger charge is -2.27. The molecule has 1 aliphatic rings. The number of carbonyl (C=O) groups is 1. The Balaban J connectivity index is 2.16. The van der Waals surface area contributed by atoms with Crippen molar-refractivity contribution in [3.8, 4) is 0 Å². The third kappa shape index (κ3) is 4.62. The lowest BCUT2D eigenvalue weighted by atomic mass is 10.1. The van der Waals surface area contributed by atoms with Crippen molar-refractivity contribution in [2.45, 2.75) is 32.2 Å². The number of hydrogen-bond acceptors (Lipinski definition) is 3. The van der Waals surface area contributed by atoms with E-state index in [1.807, 2.05) is 11.8 Å². The molecule has 0 aromatic carbocycles. The maximum Gasteiger partial charge on any atom is 0.236 e. The zero-order valence-corrected chi connectivity index (χ0v) is 9.79. The summed E-state index contributed by atoms with van der Waals surface area (Å²) in [5, 5.41) is 3.16. The van der Waals surface area contributed by atoms with Crippen LogP contribution < -0.4 is 5.32 Å². The normalized spacial score (nSPS) is 18.9. The van der Waals surface area contributed by atoms with E-state index in [2.05, 4.69) is 5.32 Å². The molecule has 0 saturated carbocycles. The first kappa shape index (κ1) is 12.5. The van der Waals surface area contributed by atoms with Crippen LogP contribution in [0.2, 0.25) is 0 Å². The lowest BCUT2D eigenvalue weighted by molar-refractivity contribution is -0.131. The molecule has 15 heavy (non-hydrogen) atoms. The van der Waals surface area contributed by atoms with E-state index in [9.17, 15) is 4.79 Å². The van der Waals surface area contributed by atoms with Crippen LogP contribution in [0.15, 0.2) is 0 Å². The maximum atomic E-state index is 11.7. The predicted molar refractivity (Wildman–Crippen MR) is 59.8 cm³/mol. The highest BCUT2D eigenvalue weighted by atomic mass is 16.5. The zero-order valence-electron chi connectivity index (χ0n) is 9.79. The Hall–Kier alpha value is -0.610. The number of amides is 1. The van der Waals surface area contributed by atoms with Gasteiger partial charge in [0.2, 0.25) is 5.91 Å². The highest BCUT2D eigenvalue weighted by Gasteiger charge is 2.16. The number of ether oxygens (including phenoxy) is 1. The van der Waals surface area contributed by atoms with Crippen molar-refractivity contribution >= 4 is 5.91 Å². The molecule has 1 amide bonds. The van der Waals surface area contributed by atoms with Gasteiger partial charge in [0.25, 0.3) is 0 Å². The molecule has 1 aliphatic heterocycles. The average Bonchev–Trinajstić information content (AvgIpc) is 2.27. The first-order valence-corrected chi connectivity index (χ1v) is 5.74. The fourth-order valence-electron chi connectivity index (χ4n) is 1.83. The first-order chi connectivity index (χ1) is 7.24. The van der Waals surface area contributed by atoms with Gasteiger partial charge in [-0.15, -0.1) is 0 Å². The molecule has 88 valence electrons. The summed E-state index contributed by atoms with van der Waals surface area (Å²) in [5.74, 6) is 0.220. The molecule has 1 heterocycles. The molecule has 0 aromatic heterocycles. The maximum absolute atomic E-state index is 11.7. The minimum absolute atomic E-state index is 0.220. The molecule has 1 unspecified atom stereocenters. The summed E-state index contributed by atoms with van der Waals surface area (Å²) in [6.45, 7) is 4.96. The Morgan fingerprint density at radius 3 is 2.67 bits per heavy atom. The van der Waals surface area contributed by atoms with Crippen LogP contribution in [0.4, 0.5) is 0 Å². The number of methoxy groups -OCH3 is 1. The van der Waals surface area contributed by atoms with Crippen LogP contribution in [0.25, 0.3) is 0 Å². The van der Waals surface area contributed by atoms with E-state index >= 15 is 0 Å². The molecule has 1 rings (SSSR count). The third-order valence-corrected chi connectivity index (χ3v) is 2.73. The second kappa shape index (κ2) is 6.80. The summed E-state index contributed by atoms with van der Waals surface area (Å²) >= 11 is 0. The van der Waals surface area contributed by atoms with Gasteiger partial charge in [-0.3, -0.25) is 4.79 Å². The van der Waals surface area contributed by atoms with Gasteiger partial charge in [-0.2, -0.15) is 0 Å². The molecule has 0 aliphatic carbocycles. The first-order valence-electron chi connectivity index (χ1n) is 5.74. The number of piperidine rings is 1. The van der Waals surface area contributed by atoms with Crippen LogP contribution in [0, 0.1) is 0 Å². The number of likely N-dealkylation sites (tertiary alicyclic amines) is 1. The van der Waals surface area contributed by atoms with Gasteiger partial charge < -0.3 is 15.0 Å². The fourth-order valence-corrected chi connectivity index (χ4v) is 1.83. The minimum atomic E-state index is 0.220. The van der Waals surface area contributed by atoms with Crippen molar-refractivity contribution < 1.29 is 9.53 Å². The highest BCUT2D eigenvalue weighted by Crippen LogP contribution is 2.08. The van der Waals surface area contributed by atoms with Gasteiger partial charge >= 0.3 is 0 Å². The SMILES string of the molecule is COCC(C)NCC(=O)N1CCCCC1. The van der Waals surface area contributed by atoms with Crippen LogP contribution in [0.5, 0.6) is 0 Å². The van der Waals surface area contributed by atoms with Gasteiger partial charge in [0.15, 0.2) is 0 Å². The molecule has 0 aromatic rings. The minimum Gasteiger partial charge on any atom is -0.383 e. The van der Waals surface area contributed by atoms with Crippen LogP contribution in [-0.4, -0.2) is 50.2 Å². The number of hydrogen-bond donors (Lipinski definition) is 1. The van der Waals surface area contributed by atoms with Crippen molar-refractivity contribution in [2.75, 3.05) is 33.4 Å². The van der Waals surface area contributed by atoms with E-state index in [1.165, 1.54) is 6.42 Å². The van der Waals surface area contributed by atoms with E-state index in [4.69, 9.17) is 4.74 Å². The lowest BCUT2D eigenvalue weighted by Crippen LogP contribution is -2.44. The molecular formula is C11H22N2O2. The van der Waals surface area contributed by atoms with E-state index in [-0.39, 0.29) is 11.9 Å². The summed E-state index contributed by atoms with van der Waals surface area (Å²) in [6, 6.07) is 0.240. The zero-order chi connectivity index (χ0) is 11.1. The number of carbonyl (C=O) groups excluding carboxylic acids is 1. The van der Waals surface area contributed by atoms with Gasteiger partial charge in [-0.25, -0.2) is 0 Å². The van der Waals surface area contributed by atoms with E-state index in [0.29, 0.717) is 13.2 Å². The van der Waals surface area contributed by atoms with Gasteiger partial charge in [0, 0.05) is 26.2 Å². The Morgan fingerprint density at radius 2 is 2.07 bits per heavy atom. The van der Waals surface area contributed by atoms with E-state index in [0.717, 1.165) is 25.9 Å². The molecule has 4 nitrogen and oxygen atoms in total. The Bertz CT molecular complexity index is 191. The van der Waals surface area contributed by atoms with Crippen molar-refractivity contribution in [3.05, 3.63) is 0 Å². The fraction of sp³-hybridized carbons (Fsp3) is 0.909. The van der Waals surface area contributed by atoms with Gasteiger partial charge in [0.05, 0.1) is 13.2 Å². The third-order valence-electron chi connectivity index (χ3n) is 2.73. The Kier molecular flexibility index (Phi) is 5.65. The largest absolute Gasteiger partial charge is 0.383 e. The second-order valence-corrected chi connectivity index (χ2v) is 4.18. The number of nitrogens with zero attached hydrogens (tertiary/aromatic N) is 1. The summed E-state index contributed by atoms with van der Waals surface area (Å²) in [7, 11) is 1.67. The molecule has 0 radical (unpaired) electrons. The summed E-state index contributed by atoms with van der Waals surface area (Å²) in [4.78, 5) is 13.7. The standard InChI is InChI=1S/C11H22N2O2/c1-10(9-15-2)12-8-11(14)13-6-4-3-5-7-13/h10,12H,3-9H2,1-2H3. The average molecular weight is 214 g/mol. The predicted octanol–water partition coefficient (Wildman–Crippen LogP) is 0.623. The molecule has 1 N–H and O–H groups in total. The Morgan fingerprint density at radius 1 is 1.40 bits per heavy atom. The van der Waals surface area contributed by atoms with Crippen LogP contribution in [0.3, 0.4) is 0 Å². The topological polar surface area (TPSA) is 41.6 Å². The molecule has 1 atom stereocenters. The van der Waals surface area contributed by atoms with Crippen LogP contribution >= 0.6 is 0 Å². The van der Waals surface area contributed by atoms with E-state index < -0.39 is 0 Å². The summed E-state index contributed by atoms with van der Waals surface area (Å²) < 4.78 is 4.99. The van der Waals surface area contributed by atoms with Gasteiger partial charge in [0.1, 0.15) is 0 Å². The summed E-state index contributed by atoms with van der Waals surface area (Å²) in [6.07, 6.45) is 3.57. The van der Waals surface area contributed by atoms with Gasteiger partial charge in [-0.05, 0) is 26.2 Å². The molecule has 0 bridgehead atoms. The van der Waals surface area contributed by atoms with Crippen LogP contribution in [-0.2, 0) is 9.53 Å². The smallest absolute Gasteiger partial charge is 0.236 e. The van der Waals surface area contributed by atoms with Crippen molar-refractivity contribution in [2.24, 2.45) is 0 Å². The van der Waals surface area contributed by atoms with Crippen LogP contribution in [0.1, 0.15) is 26.2 Å². The van der Waals surface area contributed by atoms with Crippen molar-refractivity contribution in [3.63, 3.8) is 0 Å². The number of rotatable bonds is 5.